The lowest BCUT2D eigenvalue weighted by Gasteiger charge is -2.59. The maximum atomic E-state index is 11.9. The van der Waals surface area contributed by atoms with Crippen molar-refractivity contribution in [3.8, 4) is 0 Å². The molecule has 4 rings (SSSR count). The Labute approximate surface area is 134 Å². The van der Waals surface area contributed by atoms with Gasteiger partial charge in [0.05, 0.1) is 6.10 Å². The van der Waals surface area contributed by atoms with Crippen molar-refractivity contribution in [3.63, 3.8) is 0 Å². The fraction of sp³-hybridized carbons (Fsp3) is 0.850. The molecule has 122 valence electrons. The fourth-order valence-electron chi connectivity index (χ4n) is 6.88. The molecule has 3 saturated carbocycles. The summed E-state index contributed by atoms with van der Waals surface area (Å²) in [6.45, 7) is 7.17. The number of aliphatic hydroxyl groups is 1. The van der Waals surface area contributed by atoms with E-state index in [0.29, 0.717) is 17.6 Å². The van der Waals surface area contributed by atoms with Gasteiger partial charge in [0, 0.05) is 6.42 Å². The van der Waals surface area contributed by atoms with Crippen LogP contribution in [0, 0.1) is 34.5 Å². The number of carbonyl (C=O) groups excluding carboxylic acids is 1. The predicted octanol–water partition coefficient (Wildman–Crippen LogP) is 4.13. The lowest BCUT2D eigenvalue weighted by molar-refractivity contribution is -0.119. The van der Waals surface area contributed by atoms with E-state index < -0.39 is 0 Å². The van der Waals surface area contributed by atoms with Crippen LogP contribution in [0.1, 0.15) is 65.7 Å². The first-order valence-corrected chi connectivity index (χ1v) is 9.28. The van der Waals surface area contributed by atoms with Crippen LogP contribution in [0.4, 0.5) is 0 Å². The highest BCUT2D eigenvalue weighted by molar-refractivity contribution is 5.91. The molecular formula is C20H30O2. The van der Waals surface area contributed by atoms with Gasteiger partial charge in [-0.1, -0.05) is 26.3 Å². The average molecular weight is 302 g/mol. The molecule has 0 aliphatic heterocycles. The van der Waals surface area contributed by atoms with E-state index in [1.165, 1.54) is 24.8 Å². The summed E-state index contributed by atoms with van der Waals surface area (Å²) in [6, 6.07) is 0. The number of allylic oxidation sites excluding steroid dienone is 1. The number of aliphatic hydroxyl groups excluding tert-OH is 1. The molecular weight excluding hydrogens is 272 g/mol. The van der Waals surface area contributed by atoms with E-state index in [-0.39, 0.29) is 16.9 Å². The third-order valence-corrected chi connectivity index (χ3v) is 8.26. The van der Waals surface area contributed by atoms with Crippen molar-refractivity contribution in [1.82, 2.24) is 0 Å². The maximum absolute atomic E-state index is 11.9. The molecule has 1 N–H and O–H groups in total. The van der Waals surface area contributed by atoms with Gasteiger partial charge < -0.3 is 5.11 Å². The van der Waals surface area contributed by atoms with Crippen molar-refractivity contribution in [1.29, 1.82) is 0 Å². The molecule has 2 nitrogen and oxygen atoms in total. The maximum Gasteiger partial charge on any atom is 0.155 e. The summed E-state index contributed by atoms with van der Waals surface area (Å²) in [4.78, 5) is 11.9. The highest BCUT2D eigenvalue weighted by atomic mass is 16.3. The van der Waals surface area contributed by atoms with Crippen molar-refractivity contribution in [2.24, 2.45) is 34.5 Å². The Balaban J connectivity index is 1.74. The van der Waals surface area contributed by atoms with Gasteiger partial charge in [0.25, 0.3) is 0 Å². The Morgan fingerprint density at radius 1 is 1.14 bits per heavy atom. The van der Waals surface area contributed by atoms with Gasteiger partial charge in [0.2, 0.25) is 0 Å². The molecule has 0 aromatic carbocycles. The third kappa shape index (κ3) is 1.79. The lowest BCUT2D eigenvalue weighted by atomic mass is 9.45. The van der Waals surface area contributed by atoms with Crippen LogP contribution in [0.5, 0.6) is 0 Å². The van der Waals surface area contributed by atoms with Crippen LogP contribution in [0.25, 0.3) is 0 Å². The van der Waals surface area contributed by atoms with Gasteiger partial charge in [0.1, 0.15) is 0 Å². The Morgan fingerprint density at radius 2 is 1.91 bits per heavy atom. The molecule has 0 heterocycles. The molecule has 7 atom stereocenters. The highest BCUT2D eigenvalue weighted by Crippen LogP contribution is 2.66. The van der Waals surface area contributed by atoms with Crippen molar-refractivity contribution in [3.05, 3.63) is 11.6 Å². The minimum Gasteiger partial charge on any atom is -0.393 e. The Hall–Kier alpha value is -0.630. The second-order valence-electron chi connectivity index (χ2n) is 9.16. The zero-order valence-corrected chi connectivity index (χ0v) is 14.3. The molecule has 0 aromatic rings. The quantitative estimate of drug-likeness (QED) is 0.730. The zero-order valence-electron chi connectivity index (χ0n) is 14.3. The molecule has 0 amide bonds. The molecule has 0 radical (unpaired) electrons. The standard InChI is InChI=1S/C20H30O2/c1-12-10-13-11-14(21)6-8-19(13,2)16-7-9-20(3)15(18(12)16)4-5-17(20)22/h11-12,15-18,22H,4-10H2,1-3H3/t12-,15?,16?,17?,18?,19?,20?/m1/s1. The van der Waals surface area contributed by atoms with Gasteiger partial charge in [-0.3, -0.25) is 4.79 Å². The van der Waals surface area contributed by atoms with E-state index in [0.717, 1.165) is 37.5 Å². The van der Waals surface area contributed by atoms with E-state index in [2.05, 4.69) is 20.8 Å². The minimum atomic E-state index is -0.0941. The van der Waals surface area contributed by atoms with Gasteiger partial charge in [-0.15, -0.1) is 0 Å². The van der Waals surface area contributed by atoms with Crippen LogP contribution >= 0.6 is 0 Å². The molecule has 4 aliphatic rings. The molecule has 2 heteroatoms. The predicted molar refractivity (Wildman–Crippen MR) is 87.3 cm³/mol. The summed E-state index contributed by atoms with van der Waals surface area (Å²) < 4.78 is 0. The summed E-state index contributed by atoms with van der Waals surface area (Å²) >= 11 is 0. The Kier molecular flexibility index (Phi) is 3.18. The van der Waals surface area contributed by atoms with Crippen LogP contribution in [0.2, 0.25) is 0 Å². The average Bonchev–Trinajstić information content (AvgIpc) is 2.77. The molecule has 0 spiro atoms. The van der Waals surface area contributed by atoms with Crippen LogP contribution in [0.3, 0.4) is 0 Å². The zero-order chi connectivity index (χ0) is 15.7. The van der Waals surface area contributed by atoms with E-state index >= 15 is 0 Å². The summed E-state index contributed by atoms with van der Waals surface area (Å²) in [5.41, 5.74) is 1.84. The summed E-state index contributed by atoms with van der Waals surface area (Å²) in [7, 11) is 0. The lowest BCUT2D eigenvalue weighted by Crippen LogP contribution is -2.53. The number of hydrogen-bond donors (Lipinski definition) is 1. The van der Waals surface area contributed by atoms with E-state index in [1.54, 1.807) is 0 Å². The van der Waals surface area contributed by atoms with Crippen LogP contribution in [-0.2, 0) is 4.79 Å². The molecule has 22 heavy (non-hydrogen) atoms. The van der Waals surface area contributed by atoms with Crippen molar-refractivity contribution in [2.45, 2.75) is 71.8 Å². The Morgan fingerprint density at radius 3 is 2.68 bits per heavy atom. The van der Waals surface area contributed by atoms with Gasteiger partial charge in [-0.2, -0.15) is 0 Å². The Bertz CT molecular complexity index is 536. The number of ketones is 1. The van der Waals surface area contributed by atoms with Gasteiger partial charge in [-0.05, 0) is 79.1 Å². The first-order chi connectivity index (χ1) is 10.4. The summed E-state index contributed by atoms with van der Waals surface area (Å²) in [5, 5.41) is 10.5. The second-order valence-corrected chi connectivity index (χ2v) is 9.16. The topological polar surface area (TPSA) is 37.3 Å². The smallest absolute Gasteiger partial charge is 0.155 e. The summed E-state index contributed by atoms with van der Waals surface area (Å²) in [5.74, 6) is 3.15. The normalized spacial score (nSPS) is 54.3. The van der Waals surface area contributed by atoms with Crippen LogP contribution < -0.4 is 0 Å². The monoisotopic (exact) mass is 302 g/mol. The molecule has 0 saturated heterocycles. The number of fused-ring (bicyclic) bond motifs is 5. The first-order valence-electron chi connectivity index (χ1n) is 9.28. The molecule has 0 bridgehead atoms. The van der Waals surface area contributed by atoms with Gasteiger partial charge in [-0.25, -0.2) is 0 Å². The van der Waals surface area contributed by atoms with E-state index in [4.69, 9.17) is 0 Å². The second kappa shape index (κ2) is 4.69. The SMILES string of the molecule is C[C@@H]1CC2=CC(=O)CCC2(C)C2CCC3(C)C(O)CCC3C21. The van der Waals surface area contributed by atoms with E-state index in [9.17, 15) is 9.90 Å². The first kappa shape index (κ1) is 14.9. The van der Waals surface area contributed by atoms with Gasteiger partial charge >= 0.3 is 0 Å². The summed E-state index contributed by atoms with van der Waals surface area (Å²) in [6.07, 6.45) is 9.40. The van der Waals surface area contributed by atoms with Gasteiger partial charge in [0.15, 0.2) is 5.78 Å². The minimum absolute atomic E-state index is 0.0941. The largest absolute Gasteiger partial charge is 0.393 e. The van der Waals surface area contributed by atoms with E-state index in [1.807, 2.05) is 6.08 Å². The molecule has 4 aliphatic carbocycles. The highest BCUT2D eigenvalue weighted by Gasteiger charge is 2.60. The number of rotatable bonds is 0. The number of carbonyl (C=O) groups is 1. The third-order valence-electron chi connectivity index (χ3n) is 8.26. The van der Waals surface area contributed by atoms with Crippen molar-refractivity contribution < 1.29 is 9.90 Å². The molecule has 3 fully saturated rings. The molecule has 6 unspecified atom stereocenters. The van der Waals surface area contributed by atoms with Crippen LogP contribution in [-0.4, -0.2) is 17.0 Å². The van der Waals surface area contributed by atoms with Crippen molar-refractivity contribution in [2.75, 3.05) is 0 Å². The fourth-order valence-corrected chi connectivity index (χ4v) is 6.88. The number of hydrogen-bond acceptors (Lipinski definition) is 2. The van der Waals surface area contributed by atoms with Crippen LogP contribution in [0.15, 0.2) is 11.6 Å². The van der Waals surface area contributed by atoms with Crippen molar-refractivity contribution >= 4 is 5.78 Å². The molecule has 0 aromatic heterocycles.